The number of fused-ring (bicyclic) bond motifs is 12. The lowest BCUT2D eigenvalue weighted by Crippen LogP contribution is -2.39. The highest BCUT2D eigenvalue weighted by molar-refractivity contribution is 7.13. The van der Waals surface area contributed by atoms with Crippen LogP contribution in [0.4, 0.5) is 0 Å². The maximum atomic E-state index is 13.6. The summed E-state index contributed by atoms with van der Waals surface area (Å²) < 4.78 is 32.6. The third kappa shape index (κ3) is 18.0. The molecule has 10 aromatic heterocycles. The van der Waals surface area contributed by atoms with Crippen LogP contribution in [0.2, 0.25) is 5.15 Å². The number of nitrogens with zero attached hydrogens (tertiary/aromatic N) is 15. The number of rotatable bonds is 15. The van der Waals surface area contributed by atoms with Crippen LogP contribution in [0.5, 0.6) is 6.01 Å². The molecule has 4 N–H and O–H groups in total. The molecule has 14 heterocycles. The van der Waals surface area contributed by atoms with E-state index in [-0.39, 0.29) is 72.8 Å². The van der Waals surface area contributed by atoms with E-state index in [0.29, 0.717) is 133 Å². The Hall–Kier alpha value is -13.6. The first-order valence-corrected chi connectivity index (χ1v) is 45.1. The first kappa shape index (κ1) is 87.7. The Bertz CT molecular complexity index is 7620. The zero-order valence-corrected chi connectivity index (χ0v) is 74.0. The number of aryl methyl sites for hydroxylation is 1. The number of methoxy groups -OCH3 is 1. The smallest absolute Gasteiger partial charge is 0.316 e. The molecule has 0 bridgehead atoms. The van der Waals surface area contributed by atoms with Crippen LogP contribution in [0, 0.1) is 13.8 Å². The van der Waals surface area contributed by atoms with Gasteiger partial charge in [-0.25, -0.2) is 34.9 Å². The Morgan fingerprint density at radius 3 is 1.13 bits per heavy atom. The van der Waals surface area contributed by atoms with E-state index in [2.05, 4.69) is 91.2 Å². The summed E-state index contributed by atoms with van der Waals surface area (Å²) in [4.78, 5) is 104. The normalized spacial score (nSPS) is 18.7. The minimum atomic E-state index is -0.744. The third-order valence-corrected chi connectivity index (χ3v) is 26.5. The zero-order chi connectivity index (χ0) is 90.6. The molecule has 30 heteroatoms. The van der Waals surface area contributed by atoms with Gasteiger partial charge in [0, 0.05) is 103 Å². The van der Waals surface area contributed by atoms with E-state index in [1.54, 1.807) is 79.0 Å². The highest BCUT2D eigenvalue weighted by Crippen LogP contribution is 2.37. The van der Waals surface area contributed by atoms with Gasteiger partial charge in [-0.3, -0.25) is 57.4 Å². The Morgan fingerprint density at radius 2 is 0.758 bits per heavy atom. The molecule has 0 aliphatic carbocycles. The molecule has 22 rings (SSSR count). The van der Waals surface area contributed by atoms with Crippen LogP contribution in [0.3, 0.4) is 0 Å². The second-order valence-electron chi connectivity index (χ2n) is 33.6. The van der Waals surface area contributed by atoms with Crippen molar-refractivity contribution >= 4 is 110 Å². The second-order valence-corrected chi connectivity index (χ2v) is 34.8. The molecule has 666 valence electrons. The summed E-state index contributed by atoms with van der Waals surface area (Å²) in [6.07, 6.45) is 20.6. The average Bonchev–Trinajstić information content (AvgIpc) is 0.844. The Kier molecular flexibility index (Phi) is 25.8. The molecule has 8 aromatic carbocycles. The maximum Gasteiger partial charge on any atom is 0.316 e. The second kappa shape index (κ2) is 38.9. The van der Waals surface area contributed by atoms with Gasteiger partial charge in [0.25, 0.3) is 22.2 Å². The number of hydrogen-bond acceptors (Lipinski definition) is 25. The fourth-order valence-electron chi connectivity index (χ4n) is 18.5. The van der Waals surface area contributed by atoms with Crippen molar-refractivity contribution in [3.63, 3.8) is 0 Å². The fraction of sp³-hybridized carbons (Fsp3) is 0.265. The summed E-state index contributed by atoms with van der Waals surface area (Å²) in [5, 5.41) is 52.3. The Morgan fingerprint density at radius 1 is 0.379 bits per heavy atom. The van der Waals surface area contributed by atoms with Gasteiger partial charge in [-0.2, -0.15) is 0 Å². The maximum absolute atomic E-state index is 13.6. The molecule has 4 saturated heterocycles. The lowest BCUT2D eigenvalue weighted by atomic mass is 9.95. The van der Waals surface area contributed by atoms with E-state index in [1.165, 1.54) is 7.11 Å². The van der Waals surface area contributed by atoms with E-state index in [9.17, 15) is 39.6 Å². The van der Waals surface area contributed by atoms with Crippen molar-refractivity contribution in [2.24, 2.45) is 0 Å². The molecule has 8 atom stereocenters. The molecule has 28 nitrogen and oxygen atoms in total. The lowest BCUT2D eigenvalue weighted by Gasteiger charge is -2.29. The highest BCUT2D eigenvalue weighted by atomic mass is 35.5. The highest BCUT2D eigenvalue weighted by Gasteiger charge is 2.33. The van der Waals surface area contributed by atoms with Gasteiger partial charge in [0.15, 0.2) is 0 Å². The lowest BCUT2D eigenvalue weighted by molar-refractivity contribution is -0.0395. The molecule has 0 amide bonds. The summed E-state index contributed by atoms with van der Waals surface area (Å²) in [5.41, 5.74) is 16.8. The van der Waals surface area contributed by atoms with E-state index in [0.717, 1.165) is 121 Å². The molecular formula is C102H92ClN15O13S. The van der Waals surface area contributed by atoms with Gasteiger partial charge in [0.05, 0.1) is 173 Å². The van der Waals surface area contributed by atoms with Crippen LogP contribution in [0.25, 0.3) is 109 Å². The summed E-state index contributed by atoms with van der Waals surface area (Å²) in [7, 11) is 1.53. The van der Waals surface area contributed by atoms with E-state index in [4.69, 9.17) is 35.3 Å². The van der Waals surface area contributed by atoms with Crippen LogP contribution in [-0.4, -0.2) is 178 Å². The quantitative estimate of drug-likeness (QED) is 0.0547. The number of benzene rings is 8. The molecule has 132 heavy (non-hydrogen) atoms. The molecule has 0 radical (unpaired) electrons. The Labute approximate surface area is 764 Å². The van der Waals surface area contributed by atoms with E-state index in [1.807, 2.05) is 166 Å². The molecular weight excluding hydrogens is 1710 g/mol. The van der Waals surface area contributed by atoms with Gasteiger partial charge < -0.3 is 44.1 Å². The number of halogens is 1. The standard InChI is InChI=1S/C28H25N5O4.C26H22N4O3S.C24H22ClN3O3.C24H23N3O3/c1-36-28-30-13-19(14-31-28)23-7-6-17(12-29-23)10-18-11-22-26(21-5-3-2-4-20(18)21)32-16-33(27(22)35)24-8-9-37-15-25(24)34;31-23-13-33-8-6-22(23)30-14-29-25-19-4-2-1-3-18(19)17(11-20(25)26(30)32)9-16-5-7-28-21(10-16)24-12-27-15-34-24;1-14-15(6-8-26-23(14)25)10-16-11-19-22(18-5-3-2-4-17(16)18)27-13-28(24(19)30)20-7-9-31-12-21(20)29;1-15-10-16(6-8-25-15)11-17-12-20-23(19-5-3-2-4-18(17)19)26-14-27(24(20)29)21-7-9-30-13-22(21)28/h2-7,11-14,16,24-25,34H,8-10,15H2,1H3;1-5,7,10-12,14-15,22-23,31H,6,8-9,13H2;2-6,8,11,13,20-21,29H,7,9-10,12H2,1H3;2-6,8,10,12,14,21-22,28H,7,9,11,13H2,1H3/t24-,25-;22-,23-;20-,21-;21-,22-/m0000/s1. The number of hydrogen-bond donors (Lipinski definition) is 4. The van der Waals surface area contributed by atoms with E-state index < -0.39 is 24.4 Å². The van der Waals surface area contributed by atoms with Gasteiger partial charge in [-0.05, 0) is 197 Å². The summed E-state index contributed by atoms with van der Waals surface area (Å²) in [5.74, 6) is 0. The average molecular weight is 1800 g/mol. The molecule has 4 fully saturated rings. The van der Waals surface area contributed by atoms with Gasteiger partial charge in [0.2, 0.25) is 0 Å². The Balaban J connectivity index is 0.000000114. The number of aliphatic hydroxyl groups excluding tert-OH is 4. The van der Waals surface area contributed by atoms with Crippen LogP contribution < -0.4 is 27.0 Å². The molecule has 0 saturated carbocycles. The van der Waals surface area contributed by atoms with Crippen molar-refractivity contribution in [3.05, 3.63) is 340 Å². The molecule has 4 aliphatic heterocycles. The SMILES string of the molecule is COc1ncc(-c2ccc(Cc3cc4c(=O)n([C@H]5CCOC[C@@H]5O)cnc4c4ccccc34)cn2)cn1.Cc1c(Cc2cc3c(=O)n([C@H]4CCOC[C@@H]4O)cnc3c3ccccc23)ccnc1Cl.Cc1cc(Cc2cc3c(=O)n([C@H]4CCOC[C@@H]4O)cnc3c3ccccc23)ccn1.O=c1c2cc(Cc3ccnc(-c4cncs4)c3)c3ccccc3c2ncn1[C@H]1CCOC[C@@H]1O. The molecule has 18 aromatic rings. The summed E-state index contributed by atoms with van der Waals surface area (Å²) in [6.45, 7) is 6.87. The predicted molar refractivity (Wildman–Crippen MR) is 507 cm³/mol. The summed E-state index contributed by atoms with van der Waals surface area (Å²) >= 11 is 7.79. The van der Waals surface area contributed by atoms with Gasteiger partial charge in [-0.1, -0.05) is 115 Å². The van der Waals surface area contributed by atoms with Crippen molar-refractivity contribution < 1.29 is 44.1 Å². The predicted octanol–water partition coefficient (Wildman–Crippen LogP) is 14.3. The van der Waals surface area contributed by atoms with Gasteiger partial charge in [-0.15, -0.1) is 11.3 Å². The number of ether oxygens (including phenoxy) is 5. The number of pyridine rings is 4. The van der Waals surface area contributed by atoms with Crippen LogP contribution >= 0.6 is 22.9 Å². The molecule has 0 unspecified atom stereocenters. The summed E-state index contributed by atoms with van der Waals surface area (Å²) in [6, 6.07) is 52.9. The van der Waals surface area contributed by atoms with E-state index >= 15 is 0 Å². The monoisotopic (exact) mass is 1800 g/mol. The largest absolute Gasteiger partial charge is 0.467 e. The van der Waals surface area contributed by atoms with Crippen LogP contribution in [0.15, 0.2) is 257 Å². The number of aliphatic hydroxyl groups is 4. The van der Waals surface area contributed by atoms with Crippen molar-refractivity contribution in [2.75, 3.05) is 60.0 Å². The fourth-order valence-corrected chi connectivity index (χ4v) is 19.3. The van der Waals surface area contributed by atoms with Crippen LogP contribution in [-0.2, 0) is 44.6 Å². The first-order chi connectivity index (χ1) is 64.5. The van der Waals surface area contributed by atoms with Crippen molar-refractivity contribution in [1.29, 1.82) is 0 Å². The number of aromatic nitrogens is 15. The third-order valence-electron chi connectivity index (χ3n) is 25.3. The molecule has 0 spiro atoms. The van der Waals surface area contributed by atoms with Crippen molar-refractivity contribution in [2.45, 2.75) is 114 Å². The molecule has 4 aliphatic rings. The minimum Gasteiger partial charge on any atom is -0.467 e. The van der Waals surface area contributed by atoms with Gasteiger partial charge >= 0.3 is 6.01 Å². The number of thiazole rings is 1. The van der Waals surface area contributed by atoms with Gasteiger partial charge in [0.1, 0.15) is 5.15 Å². The van der Waals surface area contributed by atoms with Crippen LogP contribution in [0.1, 0.15) is 106 Å². The minimum absolute atomic E-state index is 0.121. The van der Waals surface area contributed by atoms with Crippen molar-refractivity contribution in [1.82, 2.24) is 73.1 Å². The van der Waals surface area contributed by atoms with Crippen molar-refractivity contribution in [3.8, 4) is 27.8 Å². The first-order valence-electron chi connectivity index (χ1n) is 43.8. The topological polar surface area (TPSA) is 357 Å². The zero-order valence-electron chi connectivity index (χ0n) is 72.4.